The largest absolute Gasteiger partial charge is 0.393 e. The van der Waals surface area contributed by atoms with Gasteiger partial charge in [0.2, 0.25) is 0 Å². The number of aryl methyl sites for hydroxylation is 1. The molecule has 0 spiro atoms. The van der Waals surface area contributed by atoms with Crippen LogP contribution in [0.4, 0.5) is 11.4 Å². The number of para-hydroxylation sites is 1. The van der Waals surface area contributed by atoms with Crippen LogP contribution in [-0.4, -0.2) is 40.0 Å². The van der Waals surface area contributed by atoms with E-state index in [9.17, 15) is 15.2 Å². The summed E-state index contributed by atoms with van der Waals surface area (Å²) in [6, 6.07) is 19.4. The number of amides is 1. The number of rotatable bonds is 4. The Morgan fingerprint density at radius 3 is 2.67 bits per heavy atom. The fourth-order valence-electron chi connectivity index (χ4n) is 4.18. The van der Waals surface area contributed by atoms with Gasteiger partial charge in [0.25, 0.3) is 5.91 Å². The van der Waals surface area contributed by atoms with Crippen LogP contribution in [0.5, 0.6) is 0 Å². The number of hydrogen-bond donors (Lipinski definition) is 2. The molecule has 1 saturated heterocycles. The lowest BCUT2D eigenvalue weighted by Crippen LogP contribution is -2.36. The number of aliphatic hydroxyl groups excluding tert-OH is 1. The summed E-state index contributed by atoms with van der Waals surface area (Å²) in [5.74, 6) is -0.215. The Balaban J connectivity index is 1.39. The molecule has 2 aromatic heterocycles. The number of nitriles is 1. The molecule has 3 heterocycles. The van der Waals surface area contributed by atoms with Gasteiger partial charge in [-0.1, -0.05) is 18.2 Å². The molecule has 0 aliphatic carbocycles. The van der Waals surface area contributed by atoms with E-state index in [1.807, 2.05) is 60.1 Å². The molecule has 0 unspecified atom stereocenters. The lowest BCUT2D eigenvalue weighted by Gasteiger charge is -2.32. The van der Waals surface area contributed by atoms with Crippen molar-refractivity contribution in [2.75, 3.05) is 23.3 Å². The number of carbonyl (C=O) groups is 1. The van der Waals surface area contributed by atoms with E-state index in [1.54, 1.807) is 6.07 Å². The molecule has 1 fully saturated rings. The summed E-state index contributed by atoms with van der Waals surface area (Å²) in [7, 11) is 0. The Morgan fingerprint density at radius 1 is 1.18 bits per heavy atom. The molecular weight excluding hydrogens is 434 g/mol. The summed E-state index contributed by atoms with van der Waals surface area (Å²) < 4.78 is 1.87. The minimum absolute atomic E-state index is 0.215. The van der Waals surface area contributed by atoms with Gasteiger partial charge < -0.3 is 15.3 Å². The van der Waals surface area contributed by atoms with Crippen LogP contribution in [0.1, 0.15) is 33.8 Å². The molecule has 2 aromatic carbocycles. The van der Waals surface area contributed by atoms with E-state index < -0.39 is 0 Å². The van der Waals surface area contributed by atoms with Crippen LogP contribution in [0.2, 0.25) is 0 Å². The number of benzene rings is 2. The van der Waals surface area contributed by atoms with E-state index in [4.69, 9.17) is 0 Å². The number of piperidine rings is 1. The zero-order chi connectivity index (χ0) is 22.9. The first-order valence-electron chi connectivity index (χ1n) is 10.9. The second-order valence-electron chi connectivity index (χ2n) is 8.18. The van der Waals surface area contributed by atoms with Gasteiger partial charge in [-0.2, -0.15) is 10.4 Å². The summed E-state index contributed by atoms with van der Waals surface area (Å²) in [5, 5.41) is 27.9. The zero-order valence-corrected chi connectivity index (χ0v) is 19.0. The molecule has 0 bridgehead atoms. The first kappa shape index (κ1) is 21.2. The van der Waals surface area contributed by atoms with E-state index in [-0.39, 0.29) is 12.0 Å². The number of aromatic nitrogens is 2. The highest BCUT2D eigenvalue weighted by Gasteiger charge is 2.21. The number of nitrogens with zero attached hydrogens (tertiary/aromatic N) is 4. The van der Waals surface area contributed by atoms with Crippen molar-refractivity contribution in [1.82, 2.24) is 9.78 Å². The molecule has 0 radical (unpaired) electrons. The summed E-state index contributed by atoms with van der Waals surface area (Å²) in [6.45, 7) is 3.36. The van der Waals surface area contributed by atoms with Crippen LogP contribution in [0.3, 0.4) is 0 Å². The fraction of sp³-hybridized carbons (Fsp3) is 0.240. The van der Waals surface area contributed by atoms with Gasteiger partial charge in [-0.25, -0.2) is 4.68 Å². The highest BCUT2D eigenvalue weighted by atomic mass is 32.1. The molecule has 33 heavy (non-hydrogen) atoms. The number of aliphatic hydroxyl groups is 1. The van der Waals surface area contributed by atoms with Crippen molar-refractivity contribution in [3.05, 3.63) is 70.7 Å². The van der Waals surface area contributed by atoms with Gasteiger partial charge in [-0.15, -0.1) is 11.3 Å². The SMILES string of the molecule is Cc1nn(-c2ccccc2)c2sc(C(=O)Nc3ccc(N4CCC(O)CC4)c(C#N)c3)cc12. The van der Waals surface area contributed by atoms with Gasteiger partial charge in [-0.3, -0.25) is 4.79 Å². The Morgan fingerprint density at radius 2 is 1.94 bits per heavy atom. The van der Waals surface area contributed by atoms with Crippen molar-refractivity contribution in [2.24, 2.45) is 0 Å². The normalized spacial score (nSPS) is 14.4. The van der Waals surface area contributed by atoms with Crippen LogP contribution < -0.4 is 10.2 Å². The quantitative estimate of drug-likeness (QED) is 0.471. The van der Waals surface area contributed by atoms with Gasteiger partial charge in [0, 0.05) is 24.2 Å². The summed E-state index contributed by atoms with van der Waals surface area (Å²) in [5.41, 5.74) is 3.74. The molecule has 0 saturated carbocycles. The number of anilines is 2. The number of carbonyl (C=O) groups excluding carboxylic acids is 1. The molecule has 166 valence electrons. The van der Waals surface area contributed by atoms with Crippen LogP contribution >= 0.6 is 11.3 Å². The maximum Gasteiger partial charge on any atom is 0.265 e. The van der Waals surface area contributed by atoms with Crippen molar-refractivity contribution >= 4 is 38.8 Å². The van der Waals surface area contributed by atoms with E-state index in [1.165, 1.54) is 11.3 Å². The minimum Gasteiger partial charge on any atom is -0.393 e. The summed E-state index contributed by atoms with van der Waals surface area (Å²) >= 11 is 1.39. The van der Waals surface area contributed by atoms with E-state index >= 15 is 0 Å². The maximum absolute atomic E-state index is 13.0. The van der Waals surface area contributed by atoms with Gasteiger partial charge in [0.05, 0.1) is 33.6 Å². The Kier molecular flexibility index (Phi) is 5.58. The van der Waals surface area contributed by atoms with Gasteiger partial charge in [0.1, 0.15) is 10.9 Å². The van der Waals surface area contributed by atoms with Gasteiger partial charge >= 0.3 is 0 Å². The first-order valence-corrected chi connectivity index (χ1v) is 11.7. The van der Waals surface area contributed by atoms with Gasteiger partial charge in [-0.05, 0) is 56.2 Å². The second-order valence-corrected chi connectivity index (χ2v) is 9.21. The molecule has 5 rings (SSSR count). The molecule has 7 nitrogen and oxygen atoms in total. The number of fused-ring (bicyclic) bond motifs is 1. The summed E-state index contributed by atoms with van der Waals surface area (Å²) in [6.07, 6.45) is 1.11. The van der Waals surface area contributed by atoms with Crippen LogP contribution in [0.25, 0.3) is 15.9 Å². The average molecular weight is 458 g/mol. The Labute approximate surface area is 195 Å². The Hall–Kier alpha value is -3.67. The van der Waals surface area contributed by atoms with Crippen molar-refractivity contribution in [3.63, 3.8) is 0 Å². The molecular formula is C25H23N5O2S. The summed E-state index contributed by atoms with van der Waals surface area (Å²) in [4.78, 5) is 16.6. The average Bonchev–Trinajstić information content (AvgIpc) is 3.41. The first-order chi connectivity index (χ1) is 16.0. The third-order valence-corrected chi connectivity index (χ3v) is 7.06. The number of hydrogen-bond acceptors (Lipinski definition) is 6. The predicted molar refractivity (Wildman–Crippen MR) is 130 cm³/mol. The van der Waals surface area contributed by atoms with Crippen molar-refractivity contribution in [3.8, 4) is 11.8 Å². The third-order valence-electron chi connectivity index (χ3n) is 5.95. The molecule has 4 aromatic rings. The van der Waals surface area contributed by atoms with Crippen LogP contribution in [0.15, 0.2) is 54.6 Å². The molecule has 0 atom stereocenters. The van der Waals surface area contributed by atoms with Crippen LogP contribution in [0, 0.1) is 18.3 Å². The van der Waals surface area contributed by atoms with Crippen LogP contribution in [-0.2, 0) is 0 Å². The van der Waals surface area contributed by atoms with Crippen molar-refractivity contribution in [1.29, 1.82) is 5.26 Å². The molecule has 2 N–H and O–H groups in total. The number of nitrogens with one attached hydrogen (secondary N) is 1. The van der Waals surface area contributed by atoms with Gasteiger partial charge in [0.15, 0.2) is 0 Å². The molecule has 1 aliphatic heterocycles. The fourth-order valence-corrected chi connectivity index (χ4v) is 5.26. The highest BCUT2D eigenvalue weighted by molar-refractivity contribution is 7.20. The second kappa shape index (κ2) is 8.70. The minimum atomic E-state index is -0.274. The topological polar surface area (TPSA) is 94.2 Å². The monoisotopic (exact) mass is 457 g/mol. The van der Waals surface area contributed by atoms with Crippen molar-refractivity contribution < 1.29 is 9.90 Å². The smallest absolute Gasteiger partial charge is 0.265 e. The Bertz CT molecular complexity index is 1360. The molecule has 1 aliphatic rings. The molecule has 8 heteroatoms. The van der Waals surface area contributed by atoms with E-state index in [0.29, 0.717) is 42.1 Å². The lowest BCUT2D eigenvalue weighted by atomic mass is 10.0. The van der Waals surface area contributed by atoms with Crippen molar-refractivity contribution in [2.45, 2.75) is 25.9 Å². The number of thiophene rings is 1. The van der Waals surface area contributed by atoms with E-state index in [2.05, 4.69) is 21.4 Å². The molecule has 1 amide bonds. The van der Waals surface area contributed by atoms with E-state index in [0.717, 1.165) is 27.3 Å². The predicted octanol–water partition coefficient (Wildman–Crippen LogP) is 4.48. The third kappa shape index (κ3) is 4.09. The lowest BCUT2D eigenvalue weighted by molar-refractivity contribution is 0.103. The maximum atomic E-state index is 13.0. The highest BCUT2D eigenvalue weighted by Crippen LogP contribution is 2.32. The zero-order valence-electron chi connectivity index (χ0n) is 18.2. The standard InChI is InChI=1S/C25H23N5O2S/c1-16-21-14-23(33-25(21)30(28-16)19-5-3-2-4-6-19)24(32)27-18-7-8-22(17(13-18)15-26)29-11-9-20(31)10-12-29/h2-8,13-14,20,31H,9-12H2,1H3,(H,27,32).